The number of rotatable bonds is 3. The Kier molecular flexibility index (Phi) is 5.75. The Bertz CT molecular complexity index is 1520. The number of halogens is 2. The molecule has 0 spiro atoms. The van der Waals surface area contributed by atoms with Crippen LogP contribution >= 0.6 is 23.2 Å². The molecule has 4 heterocycles. The number of likely N-dealkylation sites (N-methyl/N-ethyl adjacent to an activating group) is 2. The Morgan fingerprint density at radius 1 is 1.00 bits per heavy atom. The van der Waals surface area contributed by atoms with Gasteiger partial charge < -0.3 is 20.0 Å². The minimum Gasteiger partial charge on any atom is -0.371 e. The van der Waals surface area contributed by atoms with Gasteiger partial charge in [0.2, 0.25) is 5.95 Å². The number of benzene rings is 2. The molecule has 0 bridgehead atoms. The maximum absolute atomic E-state index is 13.2. The second kappa shape index (κ2) is 8.96. The maximum Gasteiger partial charge on any atom is 0.266 e. The predicted octanol–water partition coefficient (Wildman–Crippen LogP) is 4.40. The van der Waals surface area contributed by atoms with Gasteiger partial charge in [-0.15, -0.1) is 0 Å². The molecule has 2 aliphatic heterocycles. The molecule has 2 aromatic carbocycles. The first kappa shape index (κ1) is 23.1. The Morgan fingerprint density at radius 3 is 2.61 bits per heavy atom. The highest BCUT2D eigenvalue weighted by atomic mass is 35.5. The van der Waals surface area contributed by atoms with E-state index in [1.165, 1.54) is 22.1 Å². The molecule has 36 heavy (non-hydrogen) atoms. The van der Waals surface area contributed by atoms with Crippen molar-refractivity contribution < 1.29 is 0 Å². The van der Waals surface area contributed by atoms with E-state index in [-0.39, 0.29) is 5.56 Å². The van der Waals surface area contributed by atoms with E-state index in [0.29, 0.717) is 38.6 Å². The molecule has 6 rings (SSSR count). The highest BCUT2D eigenvalue weighted by molar-refractivity contribution is 6.37. The lowest BCUT2D eigenvalue weighted by atomic mass is 10.0. The van der Waals surface area contributed by atoms with Crippen LogP contribution in [-0.4, -0.2) is 65.8 Å². The topological polar surface area (TPSA) is 69.5 Å². The van der Waals surface area contributed by atoms with Crippen LogP contribution in [0, 0.1) is 0 Å². The third-order valence-corrected chi connectivity index (χ3v) is 7.56. The van der Waals surface area contributed by atoms with Gasteiger partial charge in [-0.1, -0.05) is 29.3 Å². The maximum atomic E-state index is 13.2. The average Bonchev–Trinajstić information content (AvgIpc) is 2.85. The molecule has 2 aromatic heterocycles. The molecule has 0 saturated carbocycles. The third kappa shape index (κ3) is 3.95. The van der Waals surface area contributed by atoms with Crippen LogP contribution in [0.1, 0.15) is 0 Å². The van der Waals surface area contributed by atoms with Gasteiger partial charge in [0.05, 0.1) is 44.1 Å². The number of nitrogens with one attached hydrogen (secondary N) is 1. The number of hydrogen-bond donors (Lipinski definition) is 1. The Morgan fingerprint density at radius 2 is 1.81 bits per heavy atom. The lowest BCUT2D eigenvalue weighted by molar-refractivity contribution is 0.265. The van der Waals surface area contributed by atoms with E-state index < -0.39 is 0 Å². The fraction of sp³-hybridized carbons (Fsp3) is 0.269. The summed E-state index contributed by atoms with van der Waals surface area (Å²) in [7, 11) is 4.33. The molecular weight excluding hydrogens is 497 g/mol. The lowest BCUT2D eigenvalue weighted by Gasteiger charge is -2.48. The van der Waals surface area contributed by atoms with Crippen molar-refractivity contribution in [3.8, 4) is 5.69 Å². The van der Waals surface area contributed by atoms with E-state index >= 15 is 0 Å². The average molecular weight is 522 g/mol. The van der Waals surface area contributed by atoms with E-state index in [2.05, 4.69) is 56.2 Å². The summed E-state index contributed by atoms with van der Waals surface area (Å²) in [6.07, 6.45) is 3.17. The first-order valence-corrected chi connectivity index (χ1v) is 12.5. The summed E-state index contributed by atoms with van der Waals surface area (Å²) in [5.74, 6) is 0.425. The summed E-state index contributed by atoms with van der Waals surface area (Å²) in [6, 6.07) is 13.7. The molecule has 0 aliphatic carbocycles. The summed E-state index contributed by atoms with van der Waals surface area (Å²) >= 11 is 12.6. The van der Waals surface area contributed by atoms with Gasteiger partial charge in [0.15, 0.2) is 0 Å². The zero-order valence-corrected chi connectivity index (χ0v) is 21.5. The van der Waals surface area contributed by atoms with Crippen LogP contribution in [-0.2, 0) is 0 Å². The molecule has 2 aliphatic rings. The van der Waals surface area contributed by atoms with Crippen molar-refractivity contribution in [3.05, 3.63) is 75.3 Å². The summed E-state index contributed by atoms with van der Waals surface area (Å²) in [4.78, 5) is 29.4. The summed E-state index contributed by atoms with van der Waals surface area (Å²) in [5.41, 5.74) is 4.03. The minimum absolute atomic E-state index is 0.285. The van der Waals surface area contributed by atoms with Gasteiger partial charge in [0.25, 0.3) is 5.56 Å². The molecule has 4 aromatic rings. The summed E-state index contributed by atoms with van der Waals surface area (Å²) < 4.78 is 1.43. The highest BCUT2D eigenvalue weighted by Crippen LogP contribution is 2.38. The largest absolute Gasteiger partial charge is 0.371 e. The smallest absolute Gasteiger partial charge is 0.266 e. The van der Waals surface area contributed by atoms with Crippen molar-refractivity contribution >= 4 is 57.1 Å². The van der Waals surface area contributed by atoms with Crippen molar-refractivity contribution in [2.24, 2.45) is 0 Å². The number of pyridine rings is 1. The van der Waals surface area contributed by atoms with Gasteiger partial charge in [0, 0.05) is 51.3 Å². The van der Waals surface area contributed by atoms with E-state index in [9.17, 15) is 4.79 Å². The van der Waals surface area contributed by atoms with Crippen molar-refractivity contribution in [3.63, 3.8) is 0 Å². The number of nitrogens with zero attached hydrogens (tertiary/aromatic N) is 6. The molecule has 184 valence electrons. The second-order valence-corrected chi connectivity index (χ2v) is 10.2. The molecule has 1 N–H and O–H groups in total. The lowest BCUT2D eigenvalue weighted by Crippen LogP contribution is -2.58. The van der Waals surface area contributed by atoms with Gasteiger partial charge >= 0.3 is 0 Å². The van der Waals surface area contributed by atoms with Crippen LogP contribution in [0.3, 0.4) is 0 Å². The molecule has 0 radical (unpaired) electrons. The minimum atomic E-state index is -0.285. The number of piperazine rings is 1. The van der Waals surface area contributed by atoms with Crippen molar-refractivity contribution in [2.45, 2.75) is 6.04 Å². The Hall–Kier alpha value is -3.33. The first-order chi connectivity index (χ1) is 17.4. The molecular formula is C26H25Cl2N7O. The molecule has 0 amide bonds. The first-order valence-electron chi connectivity index (χ1n) is 11.8. The third-order valence-electron chi connectivity index (χ3n) is 6.95. The quantitative estimate of drug-likeness (QED) is 0.428. The van der Waals surface area contributed by atoms with Crippen LogP contribution in [0.4, 0.5) is 23.0 Å². The van der Waals surface area contributed by atoms with Crippen molar-refractivity contribution in [1.82, 2.24) is 19.4 Å². The van der Waals surface area contributed by atoms with Crippen LogP contribution in [0.25, 0.3) is 16.6 Å². The zero-order chi connectivity index (χ0) is 25.0. The van der Waals surface area contributed by atoms with E-state index in [0.717, 1.165) is 31.9 Å². The fourth-order valence-electron chi connectivity index (χ4n) is 5.17. The number of para-hydroxylation sites is 1. The molecule has 1 atom stereocenters. The number of hydrogen-bond acceptors (Lipinski definition) is 7. The normalized spacial score (nSPS) is 17.7. The SMILES string of the molecule is CN1CCN2c3cc(Nc4ncc5c(=O)n(-c6c(Cl)cccc6Cl)ccc5n4)ccc3N(C)C[C@@H]2C1. The number of anilines is 4. The molecule has 8 nitrogen and oxygen atoms in total. The van der Waals surface area contributed by atoms with Gasteiger partial charge in [-0.3, -0.25) is 9.36 Å². The van der Waals surface area contributed by atoms with Gasteiger partial charge in [0.1, 0.15) is 0 Å². The van der Waals surface area contributed by atoms with Crippen LogP contribution in [0.5, 0.6) is 0 Å². The molecule has 0 unspecified atom stereocenters. The van der Waals surface area contributed by atoms with Gasteiger partial charge in [-0.25, -0.2) is 9.97 Å². The summed E-state index contributed by atoms with van der Waals surface area (Å²) in [5, 5.41) is 4.49. The standard InChI is InChI=1S/C26H25Cl2N7O/c1-32-10-11-34-17(14-32)15-33(2)22-7-6-16(12-23(22)34)30-26-29-13-18-21(31-26)8-9-35(25(18)36)24-19(27)4-3-5-20(24)28/h3-9,12-13,17H,10-11,14-15H2,1-2H3,(H,29,30,31)/t17-/m0/s1. The number of aromatic nitrogens is 3. The van der Waals surface area contributed by atoms with Crippen molar-refractivity contribution in [1.29, 1.82) is 0 Å². The second-order valence-electron chi connectivity index (χ2n) is 9.37. The van der Waals surface area contributed by atoms with Crippen LogP contribution in [0.15, 0.2) is 59.7 Å². The van der Waals surface area contributed by atoms with Gasteiger partial charge in [-0.2, -0.15) is 0 Å². The van der Waals surface area contributed by atoms with E-state index in [4.69, 9.17) is 23.2 Å². The molecule has 1 fully saturated rings. The monoisotopic (exact) mass is 521 g/mol. The molecule has 10 heteroatoms. The Balaban J connectivity index is 1.32. The summed E-state index contributed by atoms with van der Waals surface area (Å²) in [6.45, 7) is 4.10. The highest BCUT2D eigenvalue weighted by Gasteiger charge is 2.32. The zero-order valence-electron chi connectivity index (χ0n) is 19.9. The Labute approximate surface area is 218 Å². The van der Waals surface area contributed by atoms with Crippen molar-refractivity contribution in [2.75, 3.05) is 55.4 Å². The van der Waals surface area contributed by atoms with Crippen LogP contribution < -0.4 is 20.7 Å². The number of fused-ring (bicyclic) bond motifs is 4. The predicted molar refractivity (Wildman–Crippen MR) is 147 cm³/mol. The molecule has 1 saturated heterocycles. The van der Waals surface area contributed by atoms with E-state index in [1.807, 2.05) is 6.07 Å². The van der Waals surface area contributed by atoms with E-state index in [1.54, 1.807) is 30.5 Å². The fourth-order valence-corrected chi connectivity index (χ4v) is 5.75. The van der Waals surface area contributed by atoms with Gasteiger partial charge in [-0.05, 0) is 43.4 Å². The van der Waals surface area contributed by atoms with Crippen LogP contribution in [0.2, 0.25) is 10.0 Å².